The maximum absolute atomic E-state index is 10.6. The smallest absolute Gasteiger partial charge is 0.768 e. The second-order valence-electron chi connectivity index (χ2n) is 2.44. The van der Waals surface area contributed by atoms with Crippen LogP contribution in [0.5, 0.6) is 0 Å². The zero-order valence-electron chi connectivity index (χ0n) is 7.28. The fraction of sp³-hybridized carbons (Fsp3) is 0. The average molecular weight is 239 g/mol. The van der Waals surface area contributed by atoms with Gasteiger partial charge in [0.05, 0.1) is 11.0 Å². The summed E-state index contributed by atoms with van der Waals surface area (Å²) < 4.78 is 21.2. The maximum Gasteiger partial charge on any atom is 1.00 e. The summed E-state index contributed by atoms with van der Waals surface area (Å²) in [7, 11) is 0. The standard InChI is InChI=1S/C7H5ClN2O2S.Na/c8-7-9-5-2-1-4(13(11)12)3-6(5)10-7;/h1-3H,(H,9,10)(H,11,12);/q;+1/p-1. The minimum atomic E-state index is -2.22. The van der Waals surface area contributed by atoms with Crippen LogP contribution in [-0.4, -0.2) is 18.7 Å². The Kier molecular flexibility index (Phi) is 4.12. The fourth-order valence-electron chi connectivity index (χ4n) is 1.06. The Bertz CT molecular complexity index is 487. The number of nitrogens with one attached hydrogen (secondary N) is 1. The predicted octanol–water partition coefficient (Wildman–Crippen LogP) is -1.54. The molecule has 0 amide bonds. The Balaban J connectivity index is 0.000000980. The van der Waals surface area contributed by atoms with Gasteiger partial charge in [-0.1, -0.05) is 0 Å². The molecular formula is C7H4ClN2NaO2S. The van der Waals surface area contributed by atoms with Crippen molar-refractivity contribution in [2.75, 3.05) is 0 Å². The zero-order chi connectivity index (χ0) is 9.42. The Morgan fingerprint density at radius 1 is 1.50 bits per heavy atom. The third-order valence-corrected chi connectivity index (χ3v) is 2.43. The molecule has 1 aromatic carbocycles. The van der Waals surface area contributed by atoms with Crippen LogP contribution in [0.3, 0.4) is 0 Å². The molecule has 2 aromatic rings. The zero-order valence-corrected chi connectivity index (χ0v) is 10.9. The fourth-order valence-corrected chi connectivity index (χ4v) is 1.65. The van der Waals surface area contributed by atoms with Gasteiger partial charge in [-0.15, -0.1) is 0 Å². The number of hydrogen-bond acceptors (Lipinski definition) is 3. The summed E-state index contributed by atoms with van der Waals surface area (Å²) in [5, 5.41) is 0.254. The monoisotopic (exact) mass is 238 g/mol. The molecule has 0 bridgehead atoms. The number of aromatic amines is 1. The van der Waals surface area contributed by atoms with Gasteiger partial charge < -0.3 is 9.54 Å². The van der Waals surface area contributed by atoms with Gasteiger partial charge in [0.25, 0.3) is 0 Å². The third-order valence-electron chi connectivity index (χ3n) is 1.62. The van der Waals surface area contributed by atoms with Crippen molar-refractivity contribution in [3.63, 3.8) is 0 Å². The van der Waals surface area contributed by atoms with Crippen molar-refractivity contribution in [2.24, 2.45) is 0 Å². The molecule has 1 aromatic heterocycles. The molecule has 2 rings (SSSR count). The summed E-state index contributed by atoms with van der Waals surface area (Å²) in [5.74, 6) is 0. The number of benzene rings is 1. The van der Waals surface area contributed by atoms with E-state index in [1.165, 1.54) is 12.1 Å². The van der Waals surface area contributed by atoms with Crippen LogP contribution in [0.1, 0.15) is 0 Å². The molecule has 4 nitrogen and oxygen atoms in total. The van der Waals surface area contributed by atoms with E-state index in [4.69, 9.17) is 11.6 Å². The molecule has 0 aliphatic carbocycles. The molecule has 1 atom stereocenters. The largest absolute Gasteiger partial charge is 1.00 e. The Labute approximate surface area is 110 Å². The van der Waals surface area contributed by atoms with Crippen LogP contribution in [0.15, 0.2) is 23.1 Å². The van der Waals surface area contributed by atoms with Crippen molar-refractivity contribution >= 4 is 33.7 Å². The van der Waals surface area contributed by atoms with E-state index in [2.05, 4.69) is 9.97 Å². The van der Waals surface area contributed by atoms with Gasteiger partial charge in [-0.25, -0.2) is 4.98 Å². The van der Waals surface area contributed by atoms with Crippen molar-refractivity contribution < 1.29 is 38.3 Å². The van der Waals surface area contributed by atoms with Crippen LogP contribution in [0.25, 0.3) is 11.0 Å². The van der Waals surface area contributed by atoms with Crippen molar-refractivity contribution in [1.82, 2.24) is 9.97 Å². The molecule has 68 valence electrons. The topological polar surface area (TPSA) is 68.8 Å². The number of nitrogens with zero attached hydrogens (tertiary/aromatic N) is 1. The Morgan fingerprint density at radius 2 is 2.21 bits per heavy atom. The van der Waals surface area contributed by atoms with Gasteiger partial charge in [-0.2, -0.15) is 0 Å². The molecule has 0 saturated heterocycles. The first kappa shape index (κ1) is 12.2. The summed E-state index contributed by atoms with van der Waals surface area (Å²) in [5.41, 5.74) is 1.27. The number of fused-ring (bicyclic) bond motifs is 1. The molecule has 1 unspecified atom stereocenters. The molecule has 0 fully saturated rings. The SMILES string of the molecule is O=S([O-])c1ccc2nc(Cl)[nH]c2c1.[Na+]. The predicted molar refractivity (Wildman–Crippen MR) is 48.3 cm³/mol. The summed E-state index contributed by atoms with van der Waals surface area (Å²) in [6.45, 7) is 0. The number of halogens is 1. The molecule has 0 radical (unpaired) electrons. The van der Waals surface area contributed by atoms with Crippen molar-refractivity contribution in [3.05, 3.63) is 23.5 Å². The number of imidazole rings is 1. The molecular weight excluding hydrogens is 235 g/mol. The molecule has 1 N–H and O–H groups in total. The normalized spacial score (nSPS) is 12.4. The summed E-state index contributed by atoms with van der Waals surface area (Å²) in [6, 6.07) is 4.56. The van der Waals surface area contributed by atoms with Gasteiger partial charge in [0, 0.05) is 4.90 Å². The molecule has 7 heteroatoms. The number of aromatic nitrogens is 2. The number of H-pyrrole nitrogens is 1. The van der Waals surface area contributed by atoms with Crippen molar-refractivity contribution in [3.8, 4) is 0 Å². The van der Waals surface area contributed by atoms with E-state index in [9.17, 15) is 8.76 Å². The summed E-state index contributed by atoms with van der Waals surface area (Å²) in [6.07, 6.45) is 0. The van der Waals surface area contributed by atoms with Gasteiger partial charge in [0.1, 0.15) is 0 Å². The molecule has 14 heavy (non-hydrogen) atoms. The molecule has 0 spiro atoms. The second-order valence-corrected chi connectivity index (χ2v) is 3.74. The van der Waals surface area contributed by atoms with E-state index < -0.39 is 11.1 Å². The van der Waals surface area contributed by atoms with Gasteiger partial charge in [-0.3, -0.25) is 4.21 Å². The van der Waals surface area contributed by atoms with Crippen molar-refractivity contribution in [2.45, 2.75) is 4.90 Å². The van der Waals surface area contributed by atoms with Crippen molar-refractivity contribution in [1.29, 1.82) is 0 Å². The van der Waals surface area contributed by atoms with Crippen LogP contribution < -0.4 is 29.6 Å². The van der Waals surface area contributed by atoms with E-state index in [0.717, 1.165) is 0 Å². The van der Waals surface area contributed by atoms with Gasteiger partial charge in [0.2, 0.25) is 5.28 Å². The van der Waals surface area contributed by atoms with Gasteiger partial charge >= 0.3 is 29.6 Å². The summed E-state index contributed by atoms with van der Waals surface area (Å²) in [4.78, 5) is 6.87. The average Bonchev–Trinajstić information content (AvgIpc) is 2.42. The van der Waals surface area contributed by atoms with Crippen LogP contribution in [0.4, 0.5) is 0 Å². The molecule has 0 aliphatic rings. The van der Waals surface area contributed by atoms with E-state index in [1.807, 2.05) is 0 Å². The van der Waals surface area contributed by atoms with E-state index in [1.54, 1.807) is 6.07 Å². The second kappa shape index (κ2) is 4.74. The van der Waals surface area contributed by atoms with E-state index >= 15 is 0 Å². The van der Waals surface area contributed by atoms with Crippen LogP contribution in [-0.2, 0) is 11.1 Å². The van der Waals surface area contributed by atoms with E-state index in [-0.39, 0.29) is 39.7 Å². The van der Waals surface area contributed by atoms with Gasteiger partial charge in [0.15, 0.2) is 0 Å². The first-order chi connectivity index (χ1) is 6.16. The quantitative estimate of drug-likeness (QED) is 0.484. The van der Waals surface area contributed by atoms with Gasteiger partial charge in [-0.05, 0) is 40.9 Å². The summed E-state index contributed by atoms with van der Waals surface area (Å²) >= 11 is 3.38. The van der Waals surface area contributed by atoms with E-state index in [0.29, 0.717) is 11.0 Å². The third kappa shape index (κ3) is 2.36. The first-order valence-electron chi connectivity index (χ1n) is 3.41. The van der Waals surface area contributed by atoms with Crippen LogP contribution >= 0.6 is 11.6 Å². The minimum Gasteiger partial charge on any atom is -0.768 e. The molecule has 0 saturated carbocycles. The number of rotatable bonds is 1. The van der Waals surface area contributed by atoms with Crippen LogP contribution in [0.2, 0.25) is 5.28 Å². The first-order valence-corrected chi connectivity index (χ1v) is 4.86. The Morgan fingerprint density at radius 3 is 2.86 bits per heavy atom. The molecule has 1 heterocycles. The Hall–Kier alpha value is 0.0900. The van der Waals surface area contributed by atoms with Crippen LogP contribution in [0, 0.1) is 0 Å². The molecule has 0 aliphatic heterocycles. The minimum absolute atomic E-state index is 0. The maximum atomic E-state index is 10.6. The number of hydrogen-bond donors (Lipinski definition) is 1.